The molecule has 0 saturated carbocycles. The molecule has 19 heavy (non-hydrogen) atoms. The fourth-order valence-electron chi connectivity index (χ4n) is 1.60. The zero-order valence-electron chi connectivity index (χ0n) is 12.0. The van der Waals surface area contributed by atoms with Crippen molar-refractivity contribution in [2.45, 2.75) is 53.1 Å². The highest BCUT2D eigenvalue weighted by Gasteiger charge is 2.28. The van der Waals surface area contributed by atoms with Crippen molar-refractivity contribution in [1.29, 1.82) is 0 Å². The Bertz CT molecular complexity index is 367. The molecule has 6 nitrogen and oxygen atoms in total. The summed E-state index contributed by atoms with van der Waals surface area (Å²) >= 11 is 0. The maximum absolute atomic E-state index is 11.1. The van der Waals surface area contributed by atoms with E-state index >= 15 is 0 Å². The number of carboxylic acids is 2. The van der Waals surface area contributed by atoms with E-state index < -0.39 is 29.2 Å². The molecule has 0 aliphatic rings. The van der Waals surface area contributed by atoms with Crippen LogP contribution in [0.5, 0.6) is 0 Å². The number of hydrogen-bond acceptors (Lipinski definition) is 4. The molecule has 0 aromatic heterocycles. The summed E-state index contributed by atoms with van der Waals surface area (Å²) in [5.74, 6) is -3.96. The average molecular weight is 274 g/mol. The maximum atomic E-state index is 11.1. The zero-order valence-corrected chi connectivity index (χ0v) is 12.0. The lowest BCUT2D eigenvalue weighted by atomic mass is 10.0. The molecule has 6 heteroatoms. The first kappa shape index (κ1) is 17.4. The van der Waals surface area contributed by atoms with Crippen molar-refractivity contribution in [2.24, 2.45) is 5.92 Å². The topological polar surface area (TPSA) is 93.1 Å². The van der Waals surface area contributed by atoms with Gasteiger partial charge in [-0.05, 0) is 26.2 Å². The summed E-state index contributed by atoms with van der Waals surface area (Å²) in [6.07, 6.45) is 1.49. The number of carboxylic acid groups (broad SMARTS) is 2. The molecule has 0 fully saturated rings. The zero-order chi connectivity index (χ0) is 15.2. The van der Waals surface area contributed by atoms with Crippen molar-refractivity contribution in [3.8, 4) is 0 Å². The second-order valence-electron chi connectivity index (χ2n) is 5.18. The molecule has 0 unspecified atom stereocenters. The van der Waals surface area contributed by atoms with Crippen molar-refractivity contribution in [3.63, 3.8) is 0 Å². The van der Waals surface area contributed by atoms with E-state index in [4.69, 9.17) is 20.0 Å². The summed E-state index contributed by atoms with van der Waals surface area (Å²) < 4.78 is 0. The monoisotopic (exact) mass is 274 g/mol. The summed E-state index contributed by atoms with van der Waals surface area (Å²) in [6, 6.07) is 0. The molecule has 0 radical (unpaired) electrons. The van der Waals surface area contributed by atoms with Gasteiger partial charge in [-0.25, -0.2) is 9.59 Å². The largest absolute Gasteiger partial charge is 0.478 e. The molecule has 0 aromatic rings. The van der Waals surface area contributed by atoms with Crippen LogP contribution in [0, 0.1) is 5.92 Å². The Hall–Kier alpha value is -1.56. The summed E-state index contributed by atoms with van der Waals surface area (Å²) in [5, 5.41) is 18.1. The van der Waals surface area contributed by atoms with Crippen LogP contribution in [0.2, 0.25) is 0 Å². The number of hydrogen-bond donors (Lipinski definition) is 2. The van der Waals surface area contributed by atoms with E-state index in [2.05, 4.69) is 0 Å². The molecule has 0 saturated heterocycles. The predicted molar refractivity (Wildman–Crippen MR) is 68.3 cm³/mol. The molecule has 0 amide bonds. The molecule has 0 bridgehead atoms. The van der Waals surface area contributed by atoms with E-state index in [9.17, 15) is 9.59 Å². The molecule has 0 aliphatic carbocycles. The molecule has 0 aliphatic heterocycles. The first-order valence-electron chi connectivity index (χ1n) is 6.18. The molecular weight excluding hydrogens is 252 g/mol. The van der Waals surface area contributed by atoms with E-state index in [0.717, 1.165) is 6.42 Å². The van der Waals surface area contributed by atoms with Crippen LogP contribution in [0.3, 0.4) is 0 Å². The van der Waals surface area contributed by atoms with Gasteiger partial charge in [0, 0.05) is 0 Å². The summed E-state index contributed by atoms with van der Waals surface area (Å²) in [5.41, 5.74) is -1.00. The number of carbonyl (C=O) groups is 2. The van der Waals surface area contributed by atoms with E-state index in [1.165, 1.54) is 0 Å². The van der Waals surface area contributed by atoms with Crippen LogP contribution < -0.4 is 0 Å². The van der Waals surface area contributed by atoms with Gasteiger partial charge in [0.05, 0.1) is 5.57 Å². The minimum absolute atomic E-state index is 0.320. The first-order chi connectivity index (χ1) is 8.62. The predicted octanol–water partition coefficient (Wildman–Crippen LogP) is 2.59. The van der Waals surface area contributed by atoms with Gasteiger partial charge in [-0.2, -0.15) is 4.89 Å². The molecule has 0 spiro atoms. The van der Waals surface area contributed by atoms with E-state index in [0.29, 0.717) is 6.42 Å². The van der Waals surface area contributed by atoms with Crippen molar-refractivity contribution >= 4 is 11.9 Å². The fourth-order valence-corrected chi connectivity index (χ4v) is 1.60. The van der Waals surface area contributed by atoms with Crippen molar-refractivity contribution in [3.05, 3.63) is 11.3 Å². The average Bonchev–Trinajstić information content (AvgIpc) is 2.21. The third-order valence-electron chi connectivity index (χ3n) is 2.45. The Balaban J connectivity index is 5.19. The Kier molecular flexibility index (Phi) is 6.55. The van der Waals surface area contributed by atoms with Gasteiger partial charge in [0.2, 0.25) is 0 Å². The van der Waals surface area contributed by atoms with Crippen LogP contribution in [0.15, 0.2) is 11.3 Å². The van der Waals surface area contributed by atoms with Crippen LogP contribution in [0.4, 0.5) is 0 Å². The molecule has 0 heterocycles. The fraction of sp³-hybridized carbons (Fsp3) is 0.692. The van der Waals surface area contributed by atoms with Gasteiger partial charge in [-0.15, -0.1) is 0 Å². The van der Waals surface area contributed by atoms with Crippen LogP contribution in [0.1, 0.15) is 47.5 Å². The molecule has 2 N–H and O–H groups in total. The highest BCUT2D eigenvalue weighted by Crippen LogP contribution is 2.22. The van der Waals surface area contributed by atoms with Gasteiger partial charge in [-0.3, -0.25) is 0 Å². The summed E-state index contributed by atoms with van der Waals surface area (Å²) in [6.45, 7) is 8.59. The Morgan fingerprint density at radius 2 is 1.68 bits per heavy atom. The third-order valence-corrected chi connectivity index (χ3v) is 2.45. The molecule has 0 rings (SSSR count). The van der Waals surface area contributed by atoms with Gasteiger partial charge in [-0.1, -0.05) is 27.2 Å². The standard InChI is InChI=1S/C13H22O6/c1-6-7-13(4,5)19-18-10(12(16)17)9(8(2)3)11(14)15/h8H,6-7H2,1-5H3,(H,14,15)(H,16,17)/b10-9-. The maximum Gasteiger partial charge on any atom is 0.375 e. The lowest BCUT2D eigenvalue weighted by Gasteiger charge is -2.23. The highest BCUT2D eigenvalue weighted by atomic mass is 17.2. The van der Waals surface area contributed by atoms with Gasteiger partial charge in [0.25, 0.3) is 5.76 Å². The lowest BCUT2D eigenvalue weighted by molar-refractivity contribution is -0.327. The van der Waals surface area contributed by atoms with Crippen molar-refractivity contribution in [2.75, 3.05) is 0 Å². The summed E-state index contributed by atoms with van der Waals surface area (Å²) in [4.78, 5) is 32.1. The van der Waals surface area contributed by atoms with Crippen LogP contribution in [-0.2, 0) is 19.4 Å². The quantitative estimate of drug-likeness (QED) is 0.306. The number of rotatable bonds is 8. The van der Waals surface area contributed by atoms with Gasteiger partial charge >= 0.3 is 11.9 Å². The van der Waals surface area contributed by atoms with Gasteiger partial charge in [0.1, 0.15) is 5.60 Å². The first-order valence-corrected chi connectivity index (χ1v) is 6.18. The van der Waals surface area contributed by atoms with E-state index in [1.807, 2.05) is 6.92 Å². The lowest BCUT2D eigenvalue weighted by Crippen LogP contribution is -2.27. The molecule has 0 aromatic carbocycles. The minimum atomic E-state index is -1.46. The van der Waals surface area contributed by atoms with Crippen molar-refractivity contribution in [1.82, 2.24) is 0 Å². The van der Waals surface area contributed by atoms with Gasteiger partial charge in [0.15, 0.2) is 0 Å². The Labute approximate surface area is 112 Å². The minimum Gasteiger partial charge on any atom is -0.478 e. The molecular formula is C13H22O6. The highest BCUT2D eigenvalue weighted by molar-refractivity contribution is 5.97. The molecule has 0 atom stereocenters. The van der Waals surface area contributed by atoms with Crippen LogP contribution in [-0.4, -0.2) is 27.8 Å². The third kappa shape index (κ3) is 5.74. The smallest absolute Gasteiger partial charge is 0.375 e. The number of aliphatic carboxylic acids is 2. The molecule has 110 valence electrons. The second kappa shape index (κ2) is 7.13. The van der Waals surface area contributed by atoms with Gasteiger partial charge < -0.3 is 15.1 Å². The normalized spacial score (nSPS) is 13.2. The van der Waals surface area contributed by atoms with Crippen LogP contribution in [0.25, 0.3) is 0 Å². The SMILES string of the molecule is CCCC(C)(C)OO/C(C(=O)O)=C(\C(=O)O)C(C)C. The Morgan fingerprint density at radius 1 is 1.16 bits per heavy atom. The van der Waals surface area contributed by atoms with Crippen molar-refractivity contribution < 1.29 is 29.6 Å². The van der Waals surface area contributed by atoms with E-state index in [-0.39, 0.29) is 5.57 Å². The van der Waals surface area contributed by atoms with Crippen LogP contribution >= 0.6 is 0 Å². The Morgan fingerprint density at radius 3 is 2.00 bits per heavy atom. The van der Waals surface area contributed by atoms with E-state index in [1.54, 1.807) is 27.7 Å². The summed E-state index contributed by atoms with van der Waals surface area (Å²) in [7, 11) is 0. The second-order valence-corrected chi connectivity index (χ2v) is 5.18.